The molecule has 0 aliphatic rings. The number of rotatable bonds is 4. The average Bonchev–Trinajstić information content (AvgIpc) is 2.62. The topological polar surface area (TPSA) is 77.0 Å². The van der Waals surface area contributed by atoms with Crippen molar-refractivity contribution in [2.24, 2.45) is 0 Å². The SMILES string of the molecule is COc1cc(OC)c(NC(=O)Oc2cc3ccccc3cc2O)cc1Cl. The van der Waals surface area contributed by atoms with Crippen LogP contribution in [0.2, 0.25) is 5.02 Å². The first-order chi connectivity index (χ1) is 12.5. The second kappa shape index (κ2) is 7.41. The maximum Gasteiger partial charge on any atom is 0.417 e. The second-order valence-electron chi connectivity index (χ2n) is 5.37. The van der Waals surface area contributed by atoms with Gasteiger partial charge >= 0.3 is 6.09 Å². The smallest absolute Gasteiger partial charge is 0.417 e. The number of phenols is 1. The normalized spacial score (nSPS) is 10.4. The molecular weight excluding hydrogens is 358 g/mol. The Labute approximate surface area is 154 Å². The number of aromatic hydroxyl groups is 1. The van der Waals surface area contributed by atoms with Crippen LogP contribution in [-0.4, -0.2) is 25.4 Å². The van der Waals surface area contributed by atoms with Crippen molar-refractivity contribution in [3.63, 3.8) is 0 Å². The molecule has 3 aromatic rings. The van der Waals surface area contributed by atoms with Crippen LogP contribution in [0.3, 0.4) is 0 Å². The fraction of sp³-hybridized carbons (Fsp3) is 0.105. The molecule has 134 valence electrons. The average molecular weight is 374 g/mol. The predicted octanol–water partition coefficient (Wildman–Crippen LogP) is 4.83. The van der Waals surface area contributed by atoms with Gasteiger partial charge in [0.1, 0.15) is 11.5 Å². The molecule has 0 unspecified atom stereocenters. The van der Waals surface area contributed by atoms with E-state index in [-0.39, 0.29) is 11.5 Å². The van der Waals surface area contributed by atoms with Crippen LogP contribution in [0.15, 0.2) is 48.5 Å². The third-order valence-corrected chi connectivity index (χ3v) is 4.04. The van der Waals surface area contributed by atoms with Crippen LogP contribution in [0.25, 0.3) is 10.8 Å². The van der Waals surface area contributed by atoms with Crippen molar-refractivity contribution in [3.05, 3.63) is 53.6 Å². The van der Waals surface area contributed by atoms with E-state index in [9.17, 15) is 9.90 Å². The van der Waals surface area contributed by atoms with E-state index in [1.54, 1.807) is 12.1 Å². The van der Waals surface area contributed by atoms with Gasteiger partial charge in [0.25, 0.3) is 0 Å². The molecule has 0 atom stereocenters. The van der Waals surface area contributed by atoms with Gasteiger partial charge < -0.3 is 19.3 Å². The lowest BCUT2D eigenvalue weighted by Crippen LogP contribution is -2.17. The van der Waals surface area contributed by atoms with E-state index in [1.807, 2.05) is 24.3 Å². The summed E-state index contributed by atoms with van der Waals surface area (Å²) >= 11 is 6.08. The molecule has 0 aliphatic heterocycles. The minimum absolute atomic E-state index is 0.0415. The van der Waals surface area contributed by atoms with Crippen molar-refractivity contribution < 1.29 is 24.1 Å². The quantitative estimate of drug-likeness (QED) is 0.685. The fourth-order valence-corrected chi connectivity index (χ4v) is 2.72. The number of carbonyl (C=O) groups is 1. The maximum atomic E-state index is 12.2. The number of methoxy groups -OCH3 is 2. The van der Waals surface area contributed by atoms with Crippen molar-refractivity contribution in [1.82, 2.24) is 0 Å². The zero-order valence-corrected chi connectivity index (χ0v) is 14.8. The number of benzene rings is 3. The Morgan fingerprint density at radius 1 is 0.962 bits per heavy atom. The van der Waals surface area contributed by atoms with Crippen molar-refractivity contribution in [2.75, 3.05) is 19.5 Å². The summed E-state index contributed by atoms with van der Waals surface area (Å²) in [6.07, 6.45) is -0.796. The zero-order chi connectivity index (χ0) is 18.7. The highest BCUT2D eigenvalue weighted by Gasteiger charge is 2.15. The summed E-state index contributed by atoms with van der Waals surface area (Å²) in [6, 6.07) is 13.6. The van der Waals surface area contributed by atoms with Crippen LogP contribution in [0, 0.1) is 0 Å². The summed E-state index contributed by atoms with van der Waals surface area (Å²) in [7, 11) is 2.93. The van der Waals surface area contributed by atoms with Gasteiger partial charge in [-0.05, 0) is 29.0 Å². The van der Waals surface area contributed by atoms with Crippen LogP contribution in [-0.2, 0) is 0 Å². The summed E-state index contributed by atoms with van der Waals surface area (Å²) < 4.78 is 15.6. The van der Waals surface area contributed by atoms with Gasteiger partial charge in [0, 0.05) is 6.07 Å². The van der Waals surface area contributed by atoms with E-state index in [2.05, 4.69) is 5.32 Å². The minimum Gasteiger partial charge on any atom is -0.504 e. The number of phenolic OH excluding ortho intramolecular Hbond substituents is 1. The van der Waals surface area contributed by atoms with Crippen LogP contribution < -0.4 is 19.5 Å². The van der Waals surface area contributed by atoms with Crippen molar-refractivity contribution in [2.45, 2.75) is 0 Å². The molecule has 7 heteroatoms. The first kappa shape index (κ1) is 17.7. The van der Waals surface area contributed by atoms with E-state index in [1.165, 1.54) is 26.4 Å². The summed E-state index contributed by atoms with van der Waals surface area (Å²) in [5, 5.41) is 14.6. The first-order valence-electron chi connectivity index (χ1n) is 7.64. The Hall–Kier alpha value is -3.12. The third-order valence-electron chi connectivity index (χ3n) is 3.74. The molecular formula is C19H16ClNO5. The summed E-state index contributed by atoms with van der Waals surface area (Å²) in [5.74, 6) is 0.666. The van der Waals surface area contributed by atoms with Gasteiger partial charge in [-0.25, -0.2) is 4.79 Å². The Morgan fingerprint density at radius 2 is 1.62 bits per heavy atom. The van der Waals surface area contributed by atoms with Crippen molar-refractivity contribution in [3.8, 4) is 23.0 Å². The largest absolute Gasteiger partial charge is 0.504 e. The fourth-order valence-electron chi connectivity index (χ4n) is 2.48. The highest BCUT2D eigenvalue weighted by atomic mass is 35.5. The molecule has 0 fully saturated rings. The minimum atomic E-state index is -0.796. The number of amides is 1. The Morgan fingerprint density at radius 3 is 2.27 bits per heavy atom. The van der Waals surface area contributed by atoms with E-state index < -0.39 is 6.09 Å². The molecule has 0 aliphatic carbocycles. The van der Waals surface area contributed by atoms with E-state index >= 15 is 0 Å². The number of nitrogens with one attached hydrogen (secondary N) is 1. The Bertz CT molecular complexity index is 974. The van der Waals surface area contributed by atoms with Gasteiger partial charge in [-0.2, -0.15) is 0 Å². The number of hydrogen-bond acceptors (Lipinski definition) is 5. The molecule has 3 aromatic carbocycles. The lowest BCUT2D eigenvalue weighted by atomic mass is 10.1. The Kier molecular flexibility index (Phi) is 5.04. The molecule has 0 bridgehead atoms. The highest BCUT2D eigenvalue weighted by molar-refractivity contribution is 6.32. The van der Waals surface area contributed by atoms with Gasteiger partial charge in [0.15, 0.2) is 11.5 Å². The highest BCUT2D eigenvalue weighted by Crippen LogP contribution is 2.36. The number of fused-ring (bicyclic) bond motifs is 1. The predicted molar refractivity (Wildman–Crippen MR) is 99.8 cm³/mol. The lowest BCUT2D eigenvalue weighted by Gasteiger charge is -2.13. The summed E-state index contributed by atoms with van der Waals surface area (Å²) in [6.45, 7) is 0. The van der Waals surface area contributed by atoms with Crippen molar-refractivity contribution in [1.29, 1.82) is 0 Å². The number of hydrogen-bond donors (Lipinski definition) is 2. The summed E-state index contributed by atoms with van der Waals surface area (Å²) in [4.78, 5) is 12.2. The number of carbonyl (C=O) groups excluding carboxylic acids is 1. The molecule has 0 heterocycles. The van der Waals surface area contributed by atoms with Crippen LogP contribution in [0.5, 0.6) is 23.0 Å². The lowest BCUT2D eigenvalue weighted by molar-refractivity contribution is 0.213. The zero-order valence-electron chi connectivity index (χ0n) is 14.1. The first-order valence-corrected chi connectivity index (χ1v) is 8.01. The van der Waals surface area contributed by atoms with E-state index in [0.717, 1.165) is 10.8 Å². The molecule has 6 nitrogen and oxygen atoms in total. The monoisotopic (exact) mass is 373 g/mol. The van der Waals surface area contributed by atoms with Gasteiger partial charge in [-0.3, -0.25) is 5.32 Å². The Balaban J connectivity index is 1.83. The van der Waals surface area contributed by atoms with Crippen LogP contribution >= 0.6 is 11.6 Å². The standard InChI is InChI=1S/C19H16ClNO5/c1-24-16-10-17(25-2)14(9-13(16)20)21-19(23)26-18-8-12-6-4-3-5-11(12)7-15(18)22/h3-10,22H,1-2H3,(H,21,23). The number of halogens is 1. The maximum absolute atomic E-state index is 12.2. The molecule has 0 aromatic heterocycles. The van der Waals surface area contributed by atoms with Crippen LogP contribution in [0.4, 0.5) is 10.5 Å². The molecule has 3 rings (SSSR count). The van der Waals surface area contributed by atoms with Gasteiger partial charge in [-0.1, -0.05) is 35.9 Å². The molecule has 0 spiro atoms. The second-order valence-corrected chi connectivity index (χ2v) is 5.78. The van der Waals surface area contributed by atoms with Gasteiger partial charge in [0.05, 0.1) is 24.9 Å². The number of ether oxygens (including phenoxy) is 3. The molecule has 0 saturated carbocycles. The van der Waals surface area contributed by atoms with Crippen LogP contribution in [0.1, 0.15) is 0 Å². The van der Waals surface area contributed by atoms with E-state index in [0.29, 0.717) is 22.2 Å². The van der Waals surface area contributed by atoms with Gasteiger partial charge in [0.2, 0.25) is 0 Å². The molecule has 2 N–H and O–H groups in total. The van der Waals surface area contributed by atoms with Crippen molar-refractivity contribution >= 4 is 34.2 Å². The third kappa shape index (κ3) is 3.60. The molecule has 0 saturated heterocycles. The molecule has 26 heavy (non-hydrogen) atoms. The molecule has 1 amide bonds. The summed E-state index contributed by atoms with van der Waals surface area (Å²) in [5.41, 5.74) is 0.309. The van der Waals surface area contributed by atoms with E-state index in [4.69, 9.17) is 25.8 Å². The van der Waals surface area contributed by atoms with Gasteiger partial charge in [-0.15, -0.1) is 0 Å². The number of anilines is 1. The molecule has 0 radical (unpaired) electrons.